The molecule has 2 aromatic rings. The van der Waals surface area contributed by atoms with Crippen LogP contribution in [0.15, 0.2) is 59.5 Å². The summed E-state index contributed by atoms with van der Waals surface area (Å²) in [6.45, 7) is 1.16. The number of esters is 1. The Morgan fingerprint density at radius 2 is 1.94 bits per heavy atom. The zero-order valence-electron chi connectivity index (χ0n) is 17.2. The van der Waals surface area contributed by atoms with Gasteiger partial charge in [-0.25, -0.2) is 8.42 Å². The first-order valence-electron chi connectivity index (χ1n) is 10.2. The van der Waals surface area contributed by atoms with Crippen LogP contribution in [0.4, 0.5) is 11.4 Å². The van der Waals surface area contributed by atoms with Gasteiger partial charge in [-0.15, -0.1) is 0 Å². The lowest BCUT2D eigenvalue weighted by atomic mass is 9.95. The number of hydrogen-bond acceptors (Lipinski definition) is 6. The maximum Gasteiger partial charge on any atom is 0.323 e. The number of carbonyl (C=O) groups excluding carboxylic acids is 2. The van der Waals surface area contributed by atoms with Gasteiger partial charge in [-0.05, 0) is 55.6 Å². The second-order valence-electron chi connectivity index (χ2n) is 7.80. The third kappa shape index (κ3) is 4.42. The van der Waals surface area contributed by atoms with Crippen molar-refractivity contribution in [1.29, 1.82) is 0 Å². The van der Waals surface area contributed by atoms with E-state index in [1.54, 1.807) is 36.4 Å². The predicted octanol–water partition coefficient (Wildman–Crippen LogP) is 2.09. The van der Waals surface area contributed by atoms with E-state index in [-0.39, 0.29) is 35.3 Å². The van der Waals surface area contributed by atoms with Crippen molar-refractivity contribution in [3.8, 4) is 0 Å². The fourth-order valence-electron chi connectivity index (χ4n) is 4.20. The second kappa shape index (κ2) is 8.68. The monoisotopic (exact) mass is 443 g/mol. The molecule has 2 fully saturated rings. The molecule has 2 unspecified atom stereocenters. The summed E-state index contributed by atoms with van der Waals surface area (Å²) in [7, 11) is -2.30. The maximum atomic E-state index is 13.0. The van der Waals surface area contributed by atoms with Crippen LogP contribution >= 0.6 is 0 Å². The van der Waals surface area contributed by atoms with Crippen LogP contribution in [0.3, 0.4) is 0 Å². The van der Waals surface area contributed by atoms with E-state index >= 15 is 0 Å². The summed E-state index contributed by atoms with van der Waals surface area (Å²) in [4.78, 5) is 26.6. The Morgan fingerprint density at radius 3 is 2.71 bits per heavy atom. The predicted molar refractivity (Wildman–Crippen MR) is 116 cm³/mol. The molecule has 2 aliphatic heterocycles. The Balaban J connectivity index is 1.45. The number of ether oxygens (including phenoxy) is 1. The number of rotatable bonds is 6. The van der Waals surface area contributed by atoms with E-state index in [1.165, 1.54) is 23.5 Å². The van der Waals surface area contributed by atoms with E-state index in [1.807, 2.05) is 11.0 Å². The lowest BCUT2D eigenvalue weighted by Gasteiger charge is -2.29. The van der Waals surface area contributed by atoms with E-state index in [0.29, 0.717) is 24.5 Å². The highest BCUT2D eigenvalue weighted by Crippen LogP contribution is 2.31. The minimum atomic E-state index is -3.79. The van der Waals surface area contributed by atoms with Crippen molar-refractivity contribution in [1.82, 2.24) is 4.90 Å². The number of benzene rings is 2. The first-order valence-corrected chi connectivity index (χ1v) is 11.6. The summed E-state index contributed by atoms with van der Waals surface area (Å²) >= 11 is 0. The highest BCUT2D eigenvalue weighted by atomic mass is 32.2. The number of likely N-dealkylation sites (tertiary alicyclic amines) is 1. The van der Waals surface area contributed by atoms with Crippen molar-refractivity contribution in [2.75, 3.05) is 36.4 Å². The molecule has 0 aromatic heterocycles. The van der Waals surface area contributed by atoms with E-state index in [2.05, 4.69) is 5.32 Å². The van der Waals surface area contributed by atoms with Gasteiger partial charge in [0.2, 0.25) is 5.91 Å². The van der Waals surface area contributed by atoms with Gasteiger partial charge in [0, 0.05) is 12.7 Å². The Hall–Kier alpha value is -2.91. The van der Waals surface area contributed by atoms with E-state index in [4.69, 9.17) is 4.74 Å². The average Bonchev–Trinajstić information content (AvgIpc) is 3.18. The van der Waals surface area contributed by atoms with Crippen molar-refractivity contribution in [3.05, 3.63) is 54.6 Å². The Labute approximate surface area is 181 Å². The molecule has 1 amide bonds. The lowest BCUT2D eigenvalue weighted by Crippen LogP contribution is -2.46. The molecule has 0 radical (unpaired) electrons. The minimum absolute atomic E-state index is 0.0527. The van der Waals surface area contributed by atoms with E-state index < -0.39 is 10.0 Å². The fraction of sp³-hybridized carbons (Fsp3) is 0.364. The molecule has 0 bridgehead atoms. The Morgan fingerprint density at radius 1 is 1.16 bits per heavy atom. The van der Waals surface area contributed by atoms with Gasteiger partial charge in [0.25, 0.3) is 10.0 Å². The zero-order valence-corrected chi connectivity index (χ0v) is 18.0. The quantitative estimate of drug-likeness (QED) is 0.687. The van der Waals surface area contributed by atoms with E-state index in [9.17, 15) is 18.0 Å². The molecule has 1 N–H and O–H groups in total. The van der Waals surface area contributed by atoms with Crippen LogP contribution in [0.5, 0.6) is 0 Å². The van der Waals surface area contributed by atoms with Gasteiger partial charge >= 0.3 is 5.97 Å². The normalized spacial score (nSPS) is 21.3. The molecule has 4 rings (SSSR count). The highest BCUT2D eigenvalue weighted by Gasteiger charge is 2.43. The van der Waals surface area contributed by atoms with Crippen LogP contribution in [-0.4, -0.2) is 58.0 Å². The number of nitrogens with zero attached hydrogens (tertiary/aromatic N) is 2. The summed E-state index contributed by atoms with van der Waals surface area (Å²) in [5.74, 6) is -0.334. The number of nitrogens with one attached hydrogen (secondary N) is 1. The molecule has 9 heteroatoms. The summed E-state index contributed by atoms with van der Waals surface area (Å²) in [5.41, 5.74) is 0.925. The first kappa shape index (κ1) is 21.3. The van der Waals surface area contributed by atoms with Crippen molar-refractivity contribution in [2.45, 2.75) is 23.8 Å². The molecule has 0 saturated carbocycles. The summed E-state index contributed by atoms with van der Waals surface area (Å²) in [5, 5.41) is 2.75. The molecule has 2 saturated heterocycles. The van der Waals surface area contributed by atoms with Crippen molar-refractivity contribution >= 4 is 33.3 Å². The number of amides is 1. The fourth-order valence-corrected chi connectivity index (χ4v) is 5.44. The van der Waals surface area contributed by atoms with Crippen LogP contribution in [0.2, 0.25) is 0 Å². The molecule has 31 heavy (non-hydrogen) atoms. The van der Waals surface area contributed by atoms with Crippen molar-refractivity contribution < 1.29 is 22.7 Å². The van der Waals surface area contributed by atoms with Crippen molar-refractivity contribution in [3.63, 3.8) is 0 Å². The van der Waals surface area contributed by atoms with Gasteiger partial charge in [-0.2, -0.15) is 0 Å². The van der Waals surface area contributed by atoms with Gasteiger partial charge in [0.05, 0.1) is 23.7 Å². The number of fused-ring (bicyclic) bond motifs is 1. The summed E-state index contributed by atoms with van der Waals surface area (Å²) in [6, 6.07) is 14.6. The molecule has 0 spiro atoms. The van der Waals surface area contributed by atoms with Crippen LogP contribution < -0.4 is 9.62 Å². The molecule has 2 atom stereocenters. The standard InChI is InChI=1S/C22H25N3O5S/c1-24(18-7-3-2-4-8-18)31(28,29)19-9-5-6-17(14-19)23-20(26)15-25-12-10-16-11-13-30-22(27)21(16)25/h2-9,14,16,21H,10-13,15H2,1H3,(H,23,26). The van der Waals surface area contributed by atoms with Crippen LogP contribution in [-0.2, 0) is 24.3 Å². The molecular formula is C22H25N3O5S. The number of cyclic esters (lactones) is 1. The van der Waals surface area contributed by atoms with Crippen LogP contribution in [0.25, 0.3) is 0 Å². The zero-order chi connectivity index (χ0) is 22.0. The molecule has 2 aliphatic rings. The molecule has 0 aliphatic carbocycles. The SMILES string of the molecule is CN(c1ccccc1)S(=O)(=O)c1cccc(NC(=O)CN2CCC3CCOC(=O)C32)c1. The van der Waals surface area contributed by atoms with E-state index in [0.717, 1.165) is 12.8 Å². The number of anilines is 2. The molecule has 164 valence electrons. The molecule has 8 nitrogen and oxygen atoms in total. The topological polar surface area (TPSA) is 96.0 Å². The van der Waals surface area contributed by atoms with Gasteiger partial charge in [-0.1, -0.05) is 24.3 Å². The Kier molecular flexibility index (Phi) is 5.97. The number of sulfonamides is 1. The van der Waals surface area contributed by atoms with Crippen LogP contribution in [0, 0.1) is 5.92 Å². The molecular weight excluding hydrogens is 418 g/mol. The third-order valence-corrected chi connectivity index (χ3v) is 7.63. The van der Waals surface area contributed by atoms with Crippen molar-refractivity contribution in [2.24, 2.45) is 5.92 Å². The summed E-state index contributed by atoms with van der Waals surface area (Å²) < 4.78 is 32.3. The maximum absolute atomic E-state index is 13.0. The number of carbonyl (C=O) groups is 2. The van der Waals surface area contributed by atoms with Gasteiger partial charge < -0.3 is 10.1 Å². The minimum Gasteiger partial charge on any atom is -0.465 e. The first-order chi connectivity index (χ1) is 14.9. The van der Waals surface area contributed by atoms with Gasteiger partial charge in [-0.3, -0.25) is 18.8 Å². The number of para-hydroxylation sites is 1. The summed E-state index contributed by atoms with van der Waals surface area (Å²) in [6.07, 6.45) is 1.69. The highest BCUT2D eigenvalue weighted by molar-refractivity contribution is 7.92. The van der Waals surface area contributed by atoms with Crippen LogP contribution in [0.1, 0.15) is 12.8 Å². The lowest BCUT2D eigenvalue weighted by molar-refractivity contribution is -0.155. The Bertz CT molecular complexity index is 1070. The largest absolute Gasteiger partial charge is 0.465 e. The average molecular weight is 444 g/mol. The molecule has 2 heterocycles. The molecule has 2 aromatic carbocycles. The number of hydrogen-bond donors (Lipinski definition) is 1. The van der Waals surface area contributed by atoms with Gasteiger partial charge in [0.1, 0.15) is 6.04 Å². The smallest absolute Gasteiger partial charge is 0.323 e. The van der Waals surface area contributed by atoms with Gasteiger partial charge in [0.15, 0.2) is 0 Å². The third-order valence-electron chi connectivity index (χ3n) is 5.84. The second-order valence-corrected chi connectivity index (χ2v) is 9.77.